The molecule has 0 radical (unpaired) electrons. The highest BCUT2D eigenvalue weighted by molar-refractivity contribution is 7.29. The van der Waals surface area contributed by atoms with E-state index in [-0.39, 0.29) is 0 Å². The van der Waals surface area contributed by atoms with Crippen molar-refractivity contribution in [2.45, 2.75) is 0 Å². The van der Waals surface area contributed by atoms with Crippen molar-refractivity contribution in [3.05, 3.63) is 127 Å². The average Bonchev–Trinajstić information content (AvgIpc) is 3.50. The number of fused-ring (bicyclic) bond motifs is 8. The summed E-state index contributed by atoms with van der Waals surface area (Å²) in [6.07, 6.45) is 0. The molecule has 0 atom stereocenters. The van der Waals surface area contributed by atoms with E-state index in [1.807, 2.05) is 22.7 Å². The highest BCUT2D eigenvalue weighted by Gasteiger charge is 2.17. The predicted octanol–water partition coefficient (Wildman–Crippen LogP) is 11.0. The van der Waals surface area contributed by atoms with Crippen LogP contribution in [-0.4, -0.2) is 0 Å². The summed E-state index contributed by atoms with van der Waals surface area (Å²) in [6, 6.07) is 46.2. The van der Waals surface area contributed by atoms with Gasteiger partial charge in [-0.1, -0.05) is 66.7 Å². The van der Waals surface area contributed by atoms with Crippen LogP contribution in [-0.2, 0) is 0 Å². The monoisotopic (exact) mass is 507 g/mol. The van der Waals surface area contributed by atoms with Crippen LogP contribution in [0, 0.1) is 0 Å². The highest BCUT2D eigenvalue weighted by Crippen LogP contribution is 2.46. The maximum absolute atomic E-state index is 2.38. The number of rotatable bonds is 3. The van der Waals surface area contributed by atoms with E-state index in [9.17, 15) is 0 Å². The van der Waals surface area contributed by atoms with Gasteiger partial charge in [-0.25, -0.2) is 0 Å². The van der Waals surface area contributed by atoms with Gasteiger partial charge < -0.3 is 4.90 Å². The lowest BCUT2D eigenvalue weighted by molar-refractivity contribution is 1.29. The van der Waals surface area contributed by atoms with Gasteiger partial charge in [0, 0.05) is 57.4 Å². The molecule has 3 heteroatoms. The number of nitrogens with zero attached hydrogens (tertiary/aromatic N) is 1. The number of para-hydroxylation sites is 2. The fourth-order valence-electron chi connectivity index (χ4n) is 5.51. The number of hydrogen-bond donors (Lipinski definition) is 0. The second kappa shape index (κ2) is 8.17. The second-order valence-corrected chi connectivity index (χ2v) is 11.5. The van der Waals surface area contributed by atoms with Crippen LogP contribution in [0.4, 0.5) is 17.1 Å². The van der Waals surface area contributed by atoms with Gasteiger partial charge in [0.25, 0.3) is 0 Å². The Kier molecular flexibility index (Phi) is 4.63. The van der Waals surface area contributed by atoms with E-state index in [1.165, 1.54) is 56.8 Å². The molecule has 0 N–H and O–H groups in total. The molecule has 0 bridgehead atoms. The quantitative estimate of drug-likeness (QED) is 0.230. The van der Waals surface area contributed by atoms with Gasteiger partial charge in [0.2, 0.25) is 0 Å². The van der Waals surface area contributed by atoms with Gasteiger partial charge in [-0.2, -0.15) is 0 Å². The molecule has 6 aromatic carbocycles. The lowest BCUT2D eigenvalue weighted by Gasteiger charge is -2.25. The summed E-state index contributed by atoms with van der Waals surface area (Å²) in [7, 11) is 0. The van der Waals surface area contributed by atoms with Crippen molar-refractivity contribution in [1.82, 2.24) is 0 Å². The van der Waals surface area contributed by atoms with E-state index in [4.69, 9.17) is 0 Å². The molecule has 174 valence electrons. The molecule has 0 aliphatic rings. The Morgan fingerprint density at radius 1 is 0.405 bits per heavy atom. The zero-order valence-electron chi connectivity index (χ0n) is 19.9. The van der Waals surface area contributed by atoms with Crippen molar-refractivity contribution < 1.29 is 0 Å². The highest BCUT2D eigenvalue weighted by atomic mass is 32.1. The number of benzene rings is 6. The van der Waals surface area contributed by atoms with Gasteiger partial charge in [0.05, 0.1) is 0 Å². The van der Waals surface area contributed by atoms with Crippen molar-refractivity contribution in [2.24, 2.45) is 0 Å². The molecule has 8 aromatic rings. The van der Waals surface area contributed by atoms with Crippen LogP contribution in [0.25, 0.3) is 51.1 Å². The van der Waals surface area contributed by atoms with E-state index < -0.39 is 0 Å². The maximum Gasteiger partial charge on any atom is 0.0468 e. The largest absolute Gasteiger partial charge is 0.310 e. The Labute approximate surface area is 222 Å². The van der Waals surface area contributed by atoms with Crippen LogP contribution >= 0.6 is 22.7 Å². The van der Waals surface area contributed by atoms with E-state index in [1.54, 1.807) is 0 Å². The average molecular weight is 508 g/mol. The Morgan fingerprint density at radius 3 is 1.78 bits per heavy atom. The molecule has 1 nitrogen and oxygen atoms in total. The SMILES string of the molecule is c1ccc(N(c2ccccc2)c2ccc3sc4ccc5c6cc7ccccc7cc6sc5c4c3c2)cc1. The van der Waals surface area contributed by atoms with Gasteiger partial charge in [-0.3, -0.25) is 0 Å². The van der Waals surface area contributed by atoms with Crippen LogP contribution in [0.15, 0.2) is 127 Å². The first-order valence-corrected chi connectivity index (χ1v) is 14.1. The van der Waals surface area contributed by atoms with Crippen molar-refractivity contribution >= 4 is 90.9 Å². The Balaban J connectivity index is 1.42. The molecule has 2 aromatic heterocycles. The molecule has 0 fully saturated rings. The molecular weight excluding hydrogens is 487 g/mol. The summed E-state index contributed by atoms with van der Waals surface area (Å²) in [5.41, 5.74) is 3.49. The predicted molar refractivity (Wildman–Crippen MR) is 164 cm³/mol. The molecule has 37 heavy (non-hydrogen) atoms. The first kappa shape index (κ1) is 21.0. The molecule has 0 spiro atoms. The molecule has 0 saturated carbocycles. The van der Waals surface area contributed by atoms with Crippen LogP contribution in [0.3, 0.4) is 0 Å². The first-order chi connectivity index (χ1) is 18.3. The minimum absolute atomic E-state index is 1.16. The molecule has 2 heterocycles. The summed E-state index contributed by atoms with van der Waals surface area (Å²) >= 11 is 3.82. The van der Waals surface area contributed by atoms with E-state index in [0.717, 1.165) is 11.4 Å². The summed E-state index contributed by atoms with van der Waals surface area (Å²) < 4.78 is 5.42. The lowest BCUT2D eigenvalue weighted by Crippen LogP contribution is -2.09. The van der Waals surface area contributed by atoms with Crippen LogP contribution in [0.2, 0.25) is 0 Å². The van der Waals surface area contributed by atoms with Gasteiger partial charge in [0.15, 0.2) is 0 Å². The van der Waals surface area contributed by atoms with Crippen LogP contribution < -0.4 is 4.90 Å². The third kappa shape index (κ3) is 3.28. The molecule has 0 unspecified atom stereocenters. The number of hydrogen-bond acceptors (Lipinski definition) is 3. The smallest absolute Gasteiger partial charge is 0.0468 e. The minimum Gasteiger partial charge on any atom is -0.310 e. The van der Waals surface area contributed by atoms with Crippen LogP contribution in [0.5, 0.6) is 0 Å². The molecule has 0 aliphatic heterocycles. The standard InChI is InChI=1S/C34H21NS2/c1-3-11-24(12-4-1)35(25-13-5-2-6-14-25)26-15-17-30-29(21-26)33-31(36-30)18-16-27-28-19-22-9-7-8-10-23(22)20-32(28)37-34(27)33/h1-21H. The van der Waals surface area contributed by atoms with E-state index >= 15 is 0 Å². The van der Waals surface area contributed by atoms with Crippen LogP contribution in [0.1, 0.15) is 0 Å². The summed E-state index contributed by atoms with van der Waals surface area (Å²) in [6.45, 7) is 0. The normalized spacial score (nSPS) is 11.8. The summed E-state index contributed by atoms with van der Waals surface area (Å²) in [4.78, 5) is 2.35. The van der Waals surface area contributed by atoms with Crippen molar-refractivity contribution in [3.8, 4) is 0 Å². The summed E-state index contributed by atoms with van der Waals surface area (Å²) in [5, 5.41) is 8.02. The van der Waals surface area contributed by atoms with Crippen molar-refractivity contribution in [2.75, 3.05) is 4.90 Å². The molecule has 8 rings (SSSR count). The Bertz CT molecular complexity index is 2050. The zero-order valence-corrected chi connectivity index (χ0v) is 21.5. The maximum atomic E-state index is 2.38. The molecular formula is C34H21NS2. The van der Waals surface area contributed by atoms with Gasteiger partial charge in [0.1, 0.15) is 0 Å². The van der Waals surface area contributed by atoms with Crippen molar-refractivity contribution in [3.63, 3.8) is 0 Å². The molecule has 0 aliphatic carbocycles. The number of thiophene rings is 2. The lowest BCUT2D eigenvalue weighted by atomic mass is 10.0. The molecule has 0 amide bonds. The van der Waals surface area contributed by atoms with Gasteiger partial charge >= 0.3 is 0 Å². The summed E-state index contributed by atoms with van der Waals surface area (Å²) in [5.74, 6) is 0. The van der Waals surface area contributed by atoms with Gasteiger partial charge in [-0.05, 0) is 71.4 Å². The fourth-order valence-corrected chi connectivity index (χ4v) is 7.96. The fraction of sp³-hybridized carbons (Fsp3) is 0. The first-order valence-electron chi connectivity index (χ1n) is 12.4. The Morgan fingerprint density at radius 2 is 1.05 bits per heavy atom. The number of anilines is 3. The zero-order chi connectivity index (χ0) is 24.3. The van der Waals surface area contributed by atoms with Gasteiger partial charge in [-0.15, -0.1) is 22.7 Å². The van der Waals surface area contributed by atoms with E-state index in [0.29, 0.717) is 0 Å². The Hall–Kier alpha value is -4.18. The second-order valence-electron chi connectivity index (χ2n) is 9.40. The minimum atomic E-state index is 1.16. The van der Waals surface area contributed by atoms with E-state index in [2.05, 4.69) is 132 Å². The third-order valence-corrected chi connectivity index (χ3v) is 9.53. The topological polar surface area (TPSA) is 3.24 Å². The van der Waals surface area contributed by atoms with Crippen molar-refractivity contribution in [1.29, 1.82) is 0 Å². The molecule has 0 saturated heterocycles. The third-order valence-electron chi connectivity index (χ3n) is 7.21.